The zero-order valence-electron chi connectivity index (χ0n) is 21.1. The van der Waals surface area contributed by atoms with E-state index in [1.807, 2.05) is 17.6 Å². The molecule has 6 nitrogen and oxygen atoms in total. The van der Waals surface area contributed by atoms with Crippen LogP contribution in [0.25, 0.3) is 10.9 Å². The van der Waals surface area contributed by atoms with Crippen LogP contribution in [0, 0.1) is 5.92 Å². The SMILES string of the molecule is C=CCn1c(=O)c(CN2CCC(N3CCC[C@@H](C(=O)OCC)C3)CC2)cc2cc3c(cc21)CCC3. The van der Waals surface area contributed by atoms with Gasteiger partial charge in [-0.25, -0.2) is 0 Å². The van der Waals surface area contributed by atoms with E-state index >= 15 is 0 Å². The molecule has 1 aliphatic carbocycles. The van der Waals surface area contributed by atoms with Crippen LogP contribution in [-0.2, 0) is 35.5 Å². The van der Waals surface area contributed by atoms with Gasteiger partial charge in [-0.2, -0.15) is 0 Å². The van der Waals surface area contributed by atoms with Gasteiger partial charge >= 0.3 is 5.97 Å². The Labute approximate surface area is 208 Å². The summed E-state index contributed by atoms with van der Waals surface area (Å²) < 4.78 is 7.19. The van der Waals surface area contributed by atoms with E-state index in [4.69, 9.17) is 4.74 Å². The molecule has 3 aliphatic rings. The van der Waals surface area contributed by atoms with Crippen molar-refractivity contribution in [3.8, 4) is 0 Å². The van der Waals surface area contributed by atoms with Gasteiger partial charge in [-0.05, 0) is 106 Å². The highest BCUT2D eigenvalue weighted by Crippen LogP contribution is 2.28. The summed E-state index contributed by atoms with van der Waals surface area (Å²) in [6.07, 6.45) is 9.45. The molecule has 0 amide bonds. The average molecular weight is 478 g/mol. The van der Waals surface area contributed by atoms with Crippen LogP contribution < -0.4 is 5.56 Å². The van der Waals surface area contributed by atoms with E-state index in [-0.39, 0.29) is 17.4 Å². The molecule has 2 saturated heterocycles. The molecule has 6 heteroatoms. The summed E-state index contributed by atoms with van der Waals surface area (Å²) >= 11 is 0. The number of esters is 1. The fraction of sp³-hybridized carbons (Fsp3) is 0.586. The molecule has 35 heavy (non-hydrogen) atoms. The first-order valence-electron chi connectivity index (χ1n) is 13.5. The van der Waals surface area contributed by atoms with Gasteiger partial charge in [-0.3, -0.25) is 19.4 Å². The van der Waals surface area contributed by atoms with Gasteiger partial charge in [-0.15, -0.1) is 6.58 Å². The molecule has 0 N–H and O–H groups in total. The lowest BCUT2D eigenvalue weighted by Gasteiger charge is -2.41. The normalized spacial score (nSPS) is 21.8. The molecule has 0 bridgehead atoms. The number of allylic oxidation sites excluding steroid dienone is 1. The quantitative estimate of drug-likeness (QED) is 0.447. The molecule has 0 spiro atoms. The van der Waals surface area contributed by atoms with Gasteiger partial charge in [0.25, 0.3) is 5.56 Å². The van der Waals surface area contributed by atoms with Crippen LogP contribution in [-0.4, -0.2) is 59.2 Å². The third-order valence-corrected chi connectivity index (χ3v) is 8.23. The third kappa shape index (κ3) is 5.10. The third-order valence-electron chi connectivity index (χ3n) is 8.23. The van der Waals surface area contributed by atoms with Crippen LogP contribution in [0.2, 0.25) is 0 Å². The van der Waals surface area contributed by atoms with Crippen molar-refractivity contribution >= 4 is 16.9 Å². The molecule has 5 rings (SSSR count). The summed E-state index contributed by atoms with van der Waals surface area (Å²) in [6, 6.07) is 7.19. The lowest BCUT2D eigenvalue weighted by atomic mass is 9.94. The number of likely N-dealkylation sites (tertiary alicyclic amines) is 2. The Balaban J connectivity index is 1.27. The molecular weight excluding hydrogens is 438 g/mol. The fourth-order valence-corrected chi connectivity index (χ4v) is 6.41. The van der Waals surface area contributed by atoms with Gasteiger partial charge < -0.3 is 9.30 Å². The van der Waals surface area contributed by atoms with Crippen molar-refractivity contribution in [2.45, 2.75) is 71.0 Å². The van der Waals surface area contributed by atoms with E-state index in [1.165, 1.54) is 22.9 Å². The second-order valence-electron chi connectivity index (χ2n) is 10.5. The monoisotopic (exact) mass is 477 g/mol. The number of nitrogens with zero attached hydrogens (tertiary/aromatic N) is 3. The van der Waals surface area contributed by atoms with Crippen LogP contribution >= 0.6 is 0 Å². The van der Waals surface area contributed by atoms with Gasteiger partial charge in [0, 0.05) is 31.2 Å². The van der Waals surface area contributed by atoms with Crippen molar-refractivity contribution in [3.63, 3.8) is 0 Å². The van der Waals surface area contributed by atoms with Crippen LogP contribution in [0.4, 0.5) is 0 Å². The maximum absolute atomic E-state index is 13.4. The maximum atomic E-state index is 13.4. The number of hydrogen-bond donors (Lipinski definition) is 0. The highest BCUT2D eigenvalue weighted by Gasteiger charge is 2.32. The Hall–Kier alpha value is -2.44. The van der Waals surface area contributed by atoms with Crippen molar-refractivity contribution in [1.29, 1.82) is 0 Å². The number of rotatable bonds is 7. The number of fused-ring (bicyclic) bond motifs is 2. The molecule has 0 radical (unpaired) electrons. The number of hydrogen-bond acceptors (Lipinski definition) is 5. The first kappa shape index (κ1) is 24.3. The number of benzene rings is 1. The van der Waals surface area contributed by atoms with Gasteiger partial charge in [0.05, 0.1) is 18.0 Å². The molecule has 0 saturated carbocycles. The molecule has 188 valence electrons. The number of carbonyl (C=O) groups is 1. The second kappa shape index (κ2) is 10.7. The average Bonchev–Trinajstić information content (AvgIpc) is 3.33. The minimum absolute atomic E-state index is 0.0177. The minimum atomic E-state index is -0.0348. The first-order valence-corrected chi connectivity index (χ1v) is 13.5. The summed E-state index contributed by atoms with van der Waals surface area (Å²) in [4.78, 5) is 30.6. The lowest BCUT2D eigenvalue weighted by Crippen LogP contribution is -2.49. The van der Waals surface area contributed by atoms with Crippen LogP contribution in [0.1, 0.15) is 55.7 Å². The molecule has 0 unspecified atom stereocenters. The lowest BCUT2D eigenvalue weighted by molar-refractivity contribution is -0.150. The fourth-order valence-electron chi connectivity index (χ4n) is 6.41. The van der Waals surface area contributed by atoms with Gasteiger partial charge in [0.15, 0.2) is 0 Å². The van der Waals surface area contributed by atoms with E-state index in [9.17, 15) is 9.59 Å². The van der Waals surface area contributed by atoms with Crippen LogP contribution in [0.3, 0.4) is 0 Å². The van der Waals surface area contributed by atoms with Gasteiger partial charge in [-0.1, -0.05) is 6.08 Å². The Bertz CT molecular complexity index is 1150. The highest BCUT2D eigenvalue weighted by atomic mass is 16.5. The van der Waals surface area contributed by atoms with Crippen LogP contribution in [0.15, 0.2) is 35.6 Å². The number of ether oxygens (including phenoxy) is 1. The largest absolute Gasteiger partial charge is 0.466 e. The highest BCUT2D eigenvalue weighted by molar-refractivity contribution is 5.82. The summed E-state index contributed by atoms with van der Waals surface area (Å²) in [5.74, 6) is -0.0171. The zero-order valence-corrected chi connectivity index (χ0v) is 21.1. The zero-order chi connectivity index (χ0) is 24.4. The van der Waals surface area contributed by atoms with E-state index in [2.05, 4.69) is 34.6 Å². The van der Waals surface area contributed by atoms with Crippen molar-refractivity contribution < 1.29 is 9.53 Å². The predicted molar refractivity (Wildman–Crippen MR) is 140 cm³/mol. The number of aryl methyl sites for hydroxylation is 2. The molecular formula is C29H39N3O3. The summed E-state index contributed by atoms with van der Waals surface area (Å²) in [5.41, 5.74) is 4.88. The maximum Gasteiger partial charge on any atom is 0.310 e. The summed E-state index contributed by atoms with van der Waals surface area (Å²) in [6.45, 7) is 11.3. The van der Waals surface area contributed by atoms with Gasteiger partial charge in [0.1, 0.15) is 0 Å². The molecule has 2 aromatic rings. The first-order chi connectivity index (χ1) is 17.1. The second-order valence-corrected chi connectivity index (χ2v) is 10.5. The number of carbonyl (C=O) groups excluding carboxylic acids is 1. The molecule has 1 atom stereocenters. The Morgan fingerprint density at radius 2 is 1.86 bits per heavy atom. The summed E-state index contributed by atoms with van der Waals surface area (Å²) in [5, 5.41) is 1.18. The molecule has 1 aromatic carbocycles. The standard InChI is InChI=1S/C29H39N3O3/c1-3-12-32-27-18-22-8-5-7-21(22)16-24(27)17-25(28(32)33)19-30-14-10-26(11-15-30)31-13-6-9-23(20-31)29(34)35-4-2/h3,16-18,23,26H,1,4-15,19-20H2,2H3/t23-/m1/s1. The number of piperidine rings is 2. The van der Waals surface area contributed by atoms with Crippen molar-refractivity contribution in [2.24, 2.45) is 5.92 Å². The smallest absolute Gasteiger partial charge is 0.310 e. The molecule has 1 aromatic heterocycles. The topological polar surface area (TPSA) is 54.8 Å². The summed E-state index contributed by atoms with van der Waals surface area (Å²) in [7, 11) is 0. The Morgan fingerprint density at radius 1 is 1.09 bits per heavy atom. The molecule has 2 fully saturated rings. The number of aromatic nitrogens is 1. The Kier molecular flexibility index (Phi) is 7.40. The van der Waals surface area contributed by atoms with Gasteiger partial charge in [0.2, 0.25) is 0 Å². The predicted octanol–water partition coefficient (Wildman–Crippen LogP) is 3.92. The van der Waals surface area contributed by atoms with E-state index < -0.39 is 0 Å². The molecule has 3 heterocycles. The van der Waals surface area contributed by atoms with E-state index in [0.29, 0.717) is 25.7 Å². The van der Waals surface area contributed by atoms with Crippen molar-refractivity contribution in [2.75, 3.05) is 32.8 Å². The number of pyridine rings is 1. The van der Waals surface area contributed by atoms with E-state index in [0.717, 1.165) is 75.8 Å². The Morgan fingerprint density at radius 3 is 2.60 bits per heavy atom. The van der Waals surface area contributed by atoms with Crippen molar-refractivity contribution in [3.05, 3.63) is 57.9 Å². The van der Waals surface area contributed by atoms with E-state index in [1.54, 1.807) is 0 Å². The minimum Gasteiger partial charge on any atom is -0.466 e. The van der Waals surface area contributed by atoms with Crippen molar-refractivity contribution in [1.82, 2.24) is 14.4 Å². The molecule has 2 aliphatic heterocycles. The van der Waals surface area contributed by atoms with Crippen LogP contribution in [0.5, 0.6) is 0 Å².